The average Bonchev–Trinajstić information content (AvgIpc) is 3.21. The minimum absolute atomic E-state index is 0.0394. The minimum Gasteiger partial charge on any atom is -0.380 e. The summed E-state index contributed by atoms with van der Waals surface area (Å²) in [6.45, 7) is 3.24. The molecule has 1 aromatic heterocycles. The number of nitrogens with zero attached hydrogens (tertiary/aromatic N) is 2. The van der Waals surface area contributed by atoms with E-state index < -0.39 is 26.3 Å². The van der Waals surface area contributed by atoms with Gasteiger partial charge in [0.1, 0.15) is 16.5 Å². The van der Waals surface area contributed by atoms with Gasteiger partial charge < -0.3 is 10.2 Å². The van der Waals surface area contributed by atoms with Crippen LogP contribution in [0.4, 0.5) is 14.5 Å². The van der Waals surface area contributed by atoms with Gasteiger partial charge in [-0.05, 0) is 49.7 Å². The van der Waals surface area contributed by atoms with E-state index in [1.54, 1.807) is 17.5 Å². The van der Waals surface area contributed by atoms with Crippen LogP contribution >= 0.6 is 22.9 Å². The zero-order valence-corrected chi connectivity index (χ0v) is 19.5. The third-order valence-corrected chi connectivity index (χ3v) is 8.03. The van der Waals surface area contributed by atoms with E-state index in [0.717, 1.165) is 43.8 Å². The van der Waals surface area contributed by atoms with Gasteiger partial charge in [-0.1, -0.05) is 23.7 Å². The molecule has 0 amide bonds. The lowest BCUT2D eigenvalue weighted by Gasteiger charge is -2.30. The van der Waals surface area contributed by atoms with E-state index in [-0.39, 0.29) is 23.1 Å². The van der Waals surface area contributed by atoms with E-state index in [1.807, 2.05) is 0 Å². The number of hydrogen-bond donors (Lipinski definition) is 1. The highest BCUT2D eigenvalue weighted by molar-refractivity contribution is 7.90. The number of anilines is 1. The third kappa shape index (κ3) is 5.46. The van der Waals surface area contributed by atoms with Gasteiger partial charge in [0.05, 0.1) is 27.7 Å². The van der Waals surface area contributed by atoms with Crippen LogP contribution in [0.2, 0.25) is 5.02 Å². The molecule has 5 nitrogen and oxygen atoms in total. The van der Waals surface area contributed by atoms with Crippen LogP contribution in [0.1, 0.15) is 23.2 Å². The van der Waals surface area contributed by atoms with Crippen LogP contribution in [0.3, 0.4) is 0 Å². The smallest absolute Gasteiger partial charge is 0.187 e. The maximum atomic E-state index is 14.7. The monoisotopic (exact) mass is 497 g/mol. The van der Waals surface area contributed by atoms with E-state index in [9.17, 15) is 17.2 Å². The molecule has 32 heavy (non-hydrogen) atoms. The zero-order valence-electron chi connectivity index (χ0n) is 17.2. The Kier molecular flexibility index (Phi) is 7.09. The van der Waals surface area contributed by atoms with Crippen molar-refractivity contribution in [1.82, 2.24) is 9.88 Å². The fourth-order valence-corrected chi connectivity index (χ4v) is 5.80. The summed E-state index contributed by atoms with van der Waals surface area (Å²) in [5.74, 6) is -1.70. The Hall–Kier alpha value is -2.07. The molecule has 0 aliphatic carbocycles. The van der Waals surface area contributed by atoms with Gasteiger partial charge in [-0.25, -0.2) is 22.2 Å². The van der Waals surface area contributed by atoms with Crippen LogP contribution < -0.4 is 5.32 Å². The highest BCUT2D eigenvalue weighted by atomic mass is 35.5. The van der Waals surface area contributed by atoms with E-state index >= 15 is 0 Å². The number of nitrogens with one attached hydrogen (secondary N) is 1. The second kappa shape index (κ2) is 9.82. The summed E-state index contributed by atoms with van der Waals surface area (Å²) in [4.78, 5) is 5.79. The first-order valence-corrected chi connectivity index (χ1v) is 13.1. The predicted octanol–water partition coefficient (Wildman–Crippen LogP) is 4.91. The quantitative estimate of drug-likeness (QED) is 0.455. The van der Waals surface area contributed by atoms with E-state index in [4.69, 9.17) is 11.6 Å². The molecule has 10 heteroatoms. The van der Waals surface area contributed by atoms with Crippen molar-refractivity contribution >= 4 is 38.5 Å². The molecule has 2 aromatic carbocycles. The van der Waals surface area contributed by atoms with Gasteiger partial charge in [-0.3, -0.25) is 0 Å². The van der Waals surface area contributed by atoms with Gasteiger partial charge in [0.2, 0.25) is 0 Å². The Morgan fingerprint density at radius 1 is 1.16 bits per heavy atom. The normalized spacial score (nSPS) is 14.3. The average molecular weight is 498 g/mol. The van der Waals surface area contributed by atoms with Crippen LogP contribution in [0.5, 0.6) is 0 Å². The summed E-state index contributed by atoms with van der Waals surface area (Å²) in [6.07, 6.45) is 2.05. The number of benzene rings is 2. The maximum absolute atomic E-state index is 14.7. The summed E-state index contributed by atoms with van der Waals surface area (Å²) in [6, 6.07) is 7.10. The van der Waals surface area contributed by atoms with Crippen LogP contribution in [-0.4, -0.2) is 37.9 Å². The third-order valence-electron chi connectivity index (χ3n) is 5.42. The molecule has 0 radical (unpaired) electrons. The zero-order chi connectivity index (χ0) is 22.7. The molecule has 170 valence electrons. The van der Waals surface area contributed by atoms with Crippen LogP contribution in [0, 0.1) is 11.6 Å². The molecule has 0 bridgehead atoms. The number of rotatable bonds is 9. The number of hydrogen-bond acceptors (Lipinski definition) is 6. The Labute approximate surface area is 195 Å². The van der Waals surface area contributed by atoms with Crippen molar-refractivity contribution in [3.63, 3.8) is 0 Å². The molecule has 0 spiro atoms. The molecule has 0 atom stereocenters. The lowest BCUT2D eigenvalue weighted by molar-refractivity contribution is 0.184. The lowest BCUT2D eigenvalue weighted by atomic mass is 10.1. The topological polar surface area (TPSA) is 62.3 Å². The molecule has 0 unspecified atom stereocenters. The highest BCUT2D eigenvalue weighted by Crippen LogP contribution is 2.30. The first-order valence-electron chi connectivity index (χ1n) is 10.1. The fourth-order valence-electron chi connectivity index (χ4n) is 3.49. The van der Waals surface area contributed by atoms with Crippen LogP contribution in [0.15, 0.2) is 46.1 Å². The van der Waals surface area contributed by atoms with Gasteiger partial charge in [-0.15, -0.1) is 11.3 Å². The molecule has 1 aliphatic rings. The van der Waals surface area contributed by atoms with Gasteiger partial charge in [0, 0.05) is 24.0 Å². The van der Waals surface area contributed by atoms with Crippen molar-refractivity contribution in [2.75, 3.05) is 25.0 Å². The molecule has 2 heterocycles. The van der Waals surface area contributed by atoms with Gasteiger partial charge >= 0.3 is 0 Å². The lowest BCUT2D eigenvalue weighted by Crippen LogP contribution is -2.38. The van der Waals surface area contributed by atoms with E-state index in [0.29, 0.717) is 11.3 Å². The molecule has 1 aliphatic heterocycles. The Morgan fingerprint density at radius 2 is 1.97 bits per heavy atom. The van der Waals surface area contributed by atoms with Gasteiger partial charge in [-0.2, -0.15) is 0 Å². The molecular formula is C22H22ClF2N3O2S2. The van der Waals surface area contributed by atoms with Crippen molar-refractivity contribution in [2.24, 2.45) is 0 Å². The summed E-state index contributed by atoms with van der Waals surface area (Å²) < 4.78 is 54.1. The van der Waals surface area contributed by atoms with E-state index in [2.05, 4.69) is 15.2 Å². The maximum Gasteiger partial charge on any atom is 0.187 e. The number of sulfone groups is 1. The number of halogens is 3. The van der Waals surface area contributed by atoms with E-state index in [1.165, 1.54) is 29.3 Å². The van der Waals surface area contributed by atoms with Crippen molar-refractivity contribution < 1.29 is 17.2 Å². The Morgan fingerprint density at radius 3 is 2.66 bits per heavy atom. The number of thiazole rings is 1. The largest absolute Gasteiger partial charge is 0.380 e. The summed E-state index contributed by atoms with van der Waals surface area (Å²) in [7, 11) is -3.95. The number of likely N-dealkylation sites (tertiary alicyclic amines) is 1. The van der Waals surface area contributed by atoms with Crippen molar-refractivity contribution in [2.45, 2.75) is 30.0 Å². The first-order chi connectivity index (χ1) is 15.3. The van der Waals surface area contributed by atoms with Gasteiger partial charge in [0.25, 0.3) is 0 Å². The molecule has 3 aromatic rings. The van der Waals surface area contributed by atoms with Crippen molar-refractivity contribution in [1.29, 1.82) is 0 Å². The highest BCUT2D eigenvalue weighted by Gasteiger charge is 2.23. The molecule has 1 saturated heterocycles. The summed E-state index contributed by atoms with van der Waals surface area (Å²) in [5, 5.41) is 4.56. The second-order valence-corrected chi connectivity index (χ2v) is 10.8. The molecule has 1 fully saturated rings. The summed E-state index contributed by atoms with van der Waals surface area (Å²) in [5.41, 5.74) is 3.51. The number of aromatic nitrogens is 1. The van der Waals surface area contributed by atoms with Crippen molar-refractivity contribution in [3.05, 3.63) is 74.7 Å². The van der Waals surface area contributed by atoms with Crippen LogP contribution in [0.25, 0.3) is 0 Å². The fraction of sp³-hybridized carbons (Fsp3) is 0.318. The molecule has 0 saturated carbocycles. The SMILES string of the molecule is O=S(=O)(Cc1cscn1)c1cc(Cl)c(NCc2cc(CCN3CCC3)ccc2F)cc1F. The molecule has 4 rings (SSSR count). The Bertz CT molecular complexity index is 1200. The van der Waals surface area contributed by atoms with Crippen molar-refractivity contribution in [3.8, 4) is 0 Å². The summed E-state index contributed by atoms with van der Waals surface area (Å²) >= 11 is 7.49. The van der Waals surface area contributed by atoms with Gasteiger partial charge in [0.15, 0.2) is 9.84 Å². The molecule has 1 N–H and O–H groups in total. The second-order valence-electron chi connectivity index (χ2n) is 7.73. The first kappa shape index (κ1) is 23.1. The molecular weight excluding hydrogens is 476 g/mol. The minimum atomic E-state index is -3.95. The Balaban J connectivity index is 1.46. The standard InChI is InChI=1S/C22H22ClF2N3O2S2/c23-18-9-22(32(29,30)13-17-12-31-14-27-17)20(25)10-21(18)26-11-16-8-15(2-3-19(16)24)4-7-28-5-1-6-28/h2-3,8-10,12,14,26H,1,4-7,11,13H2. The predicted molar refractivity (Wildman–Crippen MR) is 123 cm³/mol. The van der Waals surface area contributed by atoms with Crippen LogP contribution in [-0.2, 0) is 28.6 Å².